The number of thiophene rings is 2. The maximum Gasteiger partial charge on any atom is 0.224 e. The van der Waals surface area contributed by atoms with Gasteiger partial charge in [0.2, 0.25) is 5.91 Å². The summed E-state index contributed by atoms with van der Waals surface area (Å²) >= 11 is 3.48. The third-order valence-corrected chi connectivity index (χ3v) is 8.03. The molecular weight excluding hydrogens is 405 g/mol. The van der Waals surface area contributed by atoms with Gasteiger partial charge in [0, 0.05) is 64.4 Å². The molecule has 3 aromatic rings. The van der Waals surface area contributed by atoms with E-state index in [4.69, 9.17) is 0 Å². The van der Waals surface area contributed by atoms with E-state index in [0.29, 0.717) is 6.42 Å². The molecule has 5 rings (SSSR count). The van der Waals surface area contributed by atoms with Gasteiger partial charge >= 0.3 is 0 Å². The van der Waals surface area contributed by atoms with E-state index in [2.05, 4.69) is 26.6 Å². The minimum atomic E-state index is -0.166. The highest BCUT2D eigenvalue weighted by atomic mass is 32.1. The fourth-order valence-corrected chi connectivity index (χ4v) is 6.38. The van der Waals surface area contributed by atoms with Gasteiger partial charge in [0.1, 0.15) is 5.82 Å². The summed E-state index contributed by atoms with van der Waals surface area (Å²) in [6, 6.07) is 7.27. The normalized spacial score (nSPS) is 18.0. The zero-order chi connectivity index (χ0) is 19.8. The van der Waals surface area contributed by atoms with Crippen LogP contribution in [-0.4, -0.2) is 43.5 Å². The van der Waals surface area contributed by atoms with Crippen LogP contribution in [0.5, 0.6) is 0 Å². The van der Waals surface area contributed by atoms with Gasteiger partial charge in [-0.1, -0.05) is 0 Å². The lowest BCUT2D eigenvalue weighted by Crippen LogP contribution is -2.46. The van der Waals surface area contributed by atoms with Crippen LogP contribution in [0.4, 0.5) is 15.8 Å². The molecule has 1 saturated heterocycles. The predicted molar refractivity (Wildman–Crippen MR) is 120 cm³/mol. The van der Waals surface area contributed by atoms with Crippen LogP contribution in [0, 0.1) is 5.82 Å². The summed E-state index contributed by atoms with van der Waals surface area (Å²) < 4.78 is 14.5. The molecule has 0 aliphatic carbocycles. The van der Waals surface area contributed by atoms with Crippen LogP contribution in [0.2, 0.25) is 0 Å². The first kappa shape index (κ1) is 19.0. The van der Waals surface area contributed by atoms with Crippen molar-refractivity contribution < 1.29 is 9.18 Å². The number of fused-ring (bicyclic) bond motifs is 2. The second-order valence-electron chi connectivity index (χ2n) is 7.79. The lowest BCUT2D eigenvalue weighted by molar-refractivity contribution is -0.116. The monoisotopic (exact) mass is 429 g/mol. The van der Waals surface area contributed by atoms with Gasteiger partial charge in [-0.2, -0.15) is 0 Å². The first-order valence-corrected chi connectivity index (χ1v) is 11.9. The van der Waals surface area contributed by atoms with E-state index in [1.54, 1.807) is 23.5 Å². The minimum absolute atomic E-state index is 0.146. The molecule has 0 saturated carbocycles. The number of rotatable bonds is 4. The van der Waals surface area contributed by atoms with Crippen molar-refractivity contribution in [2.24, 2.45) is 0 Å². The topological polar surface area (TPSA) is 35.6 Å². The number of piperazine rings is 1. The Bertz CT molecular complexity index is 1040. The predicted octanol–water partition coefficient (Wildman–Crippen LogP) is 4.74. The first-order valence-electron chi connectivity index (χ1n) is 10.2. The lowest BCUT2D eigenvalue weighted by atomic mass is 10.2. The van der Waals surface area contributed by atoms with Gasteiger partial charge in [-0.15, -0.1) is 22.7 Å². The molecule has 1 amide bonds. The number of aryl methyl sites for hydroxylation is 1. The van der Waals surface area contributed by atoms with Crippen molar-refractivity contribution in [2.75, 3.05) is 42.9 Å². The van der Waals surface area contributed by atoms with Crippen molar-refractivity contribution in [2.45, 2.75) is 25.7 Å². The summed E-state index contributed by atoms with van der Waals surface area (Å²) in [6.07, 6.45) is 3.63. The molecule has 0 spiro atoms. The third kappa shape index (κ3) is 4.04. The van der Waals surface area contributed by atoms with Crippen LogP contribution in [0.15, 0.2) is 29.6 Å². The number of carbonyl (C=O) groups excluding carboxylic acids is 1. The molecule has 1 fully saturated rings. The smallest absolute Gasteiger partial charge is 0.224 e. The maximum atomic E-state index is 13.4. The standard InChI is InChI=1S/C22H24FN3OS2/c23-15-4-5-17-19(14-28-21(17)12-15)26-10-8-25(9-11-26)7-6-16-13-18-20(29-16)2-1-3-22(27)24-18/h4-5,12-14H,1-3,6-11H2,(H,24,27). The molecule has 7 heteroatoms. The Hall–Kier alpha value is -1.96. The second-order valence-corrected chi connectivity index (χ2v) is 9.92. The minimum Gasteiger partial charge on any atom is -0.368 e. The molecule has 29 heavy (non-hydrogen) atoms. The van der Waals surface area contributed by atoms with E-state index in [1.807, 2.05) is 17.4 Å². The van der Waals surface area contributed by atoms with Crippen LogP contribution in [-0.2, 0) is 17.6 Å². The average Bonchev–Trinajstić information content (AvgIpc) is 3.26. The summed E-state index contributed by atoms with van der Waals surface area (Å²) in [7, 11) is 0. The van der Waals surface area contributed by atoms with Crippen LogP contribution >= 0.6 is 22.7 Å². The van der Waals surface area contributed by atoms with Gasteiger partial charge < -0.3 is 10.2 Å². The van der Waals surface area contributed by atoms with E-state index in [0.717, 1.165) is 67.8 Å². The van der Waals surface area contributed by atoms with Crippen molar-refractivity contribution in [1.82, 2.24) is 4.90 Å². The van der Waals surface area contributed by atoms with E-state index in [-0.39, 0.29) is 11.7 Å². The van der Waals surface area contributed by atoms with Crippen molar-refractivity contribution in [3.63, 3.8) is 0 Å². The van der Waals surface area contributed by atoms with Crippen LogP contribution in [0.3, 0.4) is 0 Å². The average molecular weight is 430 g/mol. The summed E-state index contributed by atoms with van der Waals surface area (Å²) in [4.78, 5) is 19.4. The van der Waals surface area contributed by atoms with Gasteiger partial charge in [0.15, 0.2) is 0 Å². The third-order valence-electron chi connectivity index (χ3n) is 5.85. The van der Waals surface area contributed by atoms with Crippen molar-refractivity contribution in [3.8, 4) is 0 Å². The molecular formula is C22H24FN3OS2. The molecule has 2 aliphatic rings. The Kier molecular flexibility index (Phi) is 5.28. The maximum absolute atomic E-state index is 13.4. The molecule has 4 nitrogen and oxygen atoms in total. The first-order chi connectivity index (χ1) is 14.2. The molecule has 1 aromatic carbocycles. The lowest BCUT2D eigenvalue weighted by Gasteiger charge is -2.35. The summed E-state index contributed by atoms with van der Waals surface area (Å²) in [5, 5.41) is 6.37. The molecule has 4 heterocycles. The van der Waals surface area contributed by atoms with Crippen LogP contribution in [0.1, 0.15) is 22.6 Å². The van der Waals surface area contributed by atoms with Gasteiger partial charge in [0.05, 0.1) is 11.4 Å². The number of nitrogens with zero attached hydrogens (tertiary/aromatic N) is 2. The number of nitrogens with one attached hydrogen (secondary N) is 1. The molecule has 1 N–H and O–H groups in total. The number of benzene rings is 1. The van der Waals surface area contributed by atoms with Crippen molar-refractivity contribution >= 4 is 50.0 Å². The van der Waals surface area contributed by atoms with Gasteiger partial charge in [-0.25, -0.2) is 4.39 Å². The Morgan fingerprint density at radius 1 is 1.10 bits per heavy atom. The van der Waals surface area contributed by atoms with Gasteiger partial charge in [-0.05, 0) is 43.5 Å². The van der Waals surface area contributed by atoms with Crippen LogP contribution < -0.4 is 10.2 Å². The van der Waals surface area contributed by atoms with Crippen molar-refractivity contribution in [1.29, 1.82) is 0 Å². The van der Waals surface area contributed by atoms with E-state index >= 15 is 0 Å². The number of hydrogen-bond acceptors (Lipinski definition) is 5. The highest BCUT2D eigenvalue weighted by Crippen LogP contribution is 2.34. The zero-order valence-electron chi connectivity index (χ0n) is 16.2. The molecule has 2 aromatic heterocycles. The Morgan fingerprint density at radius 2 is 1.97 bits per heavy atom. The Morgan fingerprint density at radius 3 is 2.83 bits per heavy atom. The molecule has 0 unspecified atom stereocenters. The SMILES string of the molecule is O=C1CCCc2sc(CCN3CCN(c4csc5cc(F)ccc45)CC3)cc2N1. The van der Waals surface area contributed by atoms with E-state index < -0.39 is 0 Å². The highest BCUT2D eigenvalue weighted by molar-refractivity contribution is 7.17. The number of carbonyl (C=O) groups is 1. The van der Waals surface area contributed by atoms with Crippen molar-refractivity contribution in [3.05, 3.63) is 45.2 Å². The fraction of sp³-hybridized carbons (Fsp3) is 0.409. The molecule has 152 valence electrons. The number of anilines is 2. The zero-order valence-corrected chi connectivity index (χ0v) is 17.9. The van der Waals surface area contributed by atoms with Gasteiger partial charge in [0.25, 0.3) is 0 Å². The fourth-order valence-electron chi connectivity index (χ4n) is 4.23. The summed E-state index contributed by atoms with van der Waals surface area (Å²) in [6.45, 7) is 5.14. The van der Waals surface area contributed by atoms with Crippen LogP contribution in [0.25, 0.3) is 10.1 Å². The second kappa shape index (κ2) is 8.05. The highest BCUT2D eigenvalue weighted by Gasteiger charge is 2.21. The molecule has 2 aliphatic heterocycles. The number of halogens is 1. The van der Waals surface area contributed by atoms with E-state index in [1.165, 1.54) is 15.4 Å². The quantitative estimate of drug-likeness (QED) is 0.651. The van der Waals surface area contributed by atoms with E-state index in [9.17, 15) is 9.18 Å². The summed E-state index contributed by atoms with van der Waals surface area (Å²) in [5.41, 5.74) is 2.28. The largest absolute Gasteiger partial charge is 0.368 e. The molecule has 0 radical (unpaired) electrons. The Labute approximate surface area is 177 Å². The molecule has 0 bridgehead atoms. The summed E-state index contributed by atoms with van der Waals surface area (Å²) in [5.74, 6) is -0.0194. The number of hydrogen-bond donors (Lipinski definition) is 1. The number of amides is 1. The van der Waals surface area contributed by atoms with Gasteiger partial charge in [-0.3, -0.25) is 9.69 Å². The molecule has 0 atom stereocenters. The Balaban J connectivity index is 1.17.